The van der Waals surface area contributed by atoms with Gasteiger partial charge in [0.2, 0.25) is 11.8 Å². The highest BCUT2D eigenvalue weighted by molar-refractivity contribution is 5.89. The topological polar surface area (TPSA) is 69.9 Å². The third kappa shape index (κ3) is 4.64. The fraction of sp³-hybridized carbons (Fsp3) is 0.917. The van der Waals surface area contributed by atoms with Gasteiger partial charge in [0.25, 0.3) is 0 Å². The van der Waals surface area contributed by atoms with Crippen LogP contribution in [0.4, 0.5) is 13.2 Å². The number of alkyl halides is 3. The van der Waals surface area contributed by atoms with Crippen LogP contribution in [0, 0.1) is 23.7 Å². The Morgan fingerprint density at radius 3 is 1.97 bits per heavy atom. The summed E-state index contributed by atoms with van der Waals surface area (Å²) in [5.41, 5.74) is 5.39. The Balaban J connectivity index is 1.07. The molecule has 9 heteroatoms. The van der Waals surface area contributed by atoms with Crippen LogP contribution in [-0.4, -0.2) is 77.1 Å². The summed E-state index contributed by atoms with van der Waals surface area (Å²) in [6, 6.07) is -0.321. The molecule has 0 aromatic carbocycles. The Labute approximate surface area is 194 Å². The van der Waals surface area contributed by atoms with Gasteiger partial charge < -0.3 is 15.5 Å². The Bertz CT molecular complexity index is 755. The molecular formula is C24H37F3N4O2. The predicted octanol–water partition coefficient (Wildman–Crippen LogP) is 2.97. The number of hydrogen-bond donors (Lipinski definition) is 1. The molecule has 3 aliphatic carbocycles. The zero-order valence-electron chi connectivity index (χ0n) is 19.4. The number of likely N-dealkylation sites (tertiary alicyclic amines) is 1. The first-order valence-corrected chi connectivity index (χ1v) is 12.9. The van der Waals surface area contributed by atoms with Crippen molar-refractivity contribution < 1.29 is 22.8 Å². The SMILES string of the molecule is NC1(C(=O)N2CCN(C(=O)C3CCC(C4CCC5C(CCN5C(F)(F)F)C4)CC3)CC2)CC1. The maximum atomic E-state index is 13.2. The van der Waals surface area contributed by atoms with Gasteiger partial charge >= 0.3 is 6.30 Å². The zero-order valence-corrected chi connectivity index (χ0v) is 19.4. The van der Waals surface area contributed by atoms with Crippen molar-refractivity contribution in [2.24, 2.45) is 29.4 Å². The third-order valence-corrected chi connectivity index (χ3v) is 9.33. The van der Waals surface area contributed by atoms with Crippen molar-refractivity contribution in [3.8, 4) is 0 Å². The highest BCUT2D eigenvalue weighted by atomic mass is 19.4. The maximum absolute atomic E-state index is 13.2. The minimum absolute atomic E-state index is 0.0328. The molecule has 0 spiro atoms. The van der Waals surface area contributed by atoms with Crippen molar-refractivity contribution in [1.29, 1.82) is 0 Å². The summed E-state index contributed by atoms with van der Waals surface area (Å²) in [5.74, 6) is 1.53. The average Bonchev–Trinajstić information content (AvgIpc) is 3.41. The molecule has 5 fully saturated rings. The maximum Gasteiger partial charge on any atom is 0.460 e. The van der Waals surface area contributed by atoms with Crippen LogP contribution in [0.5, 0.6) is 0 Å². The molecule has 0 aromatic heterocycles. The first-order valence-electron chi connectivity index (χ1n) is 12.9. The van der Waals surface area contributed by atoms with Gasteiger partial charge in [0.1, 0.15) is 0 Å². The van der Waals surface area contributed by atoms with Gasteiger partial charge in [-0.3, -0.25) is 9.59 Å². The zero-order chi connectivity index (χ0) is 23.4. The molecule has 2 heterocycles. The lowest BCUT2D eigenvalue weighted by Gasteiger charge is -2.42. The first-order chi connectivity index (χ1) is 15.7. The highest BCUT2D eigenvalue weighted by Gasteiger charge is 2.51. The van der Waals surface area contributed by atoms with Crippen LogP contribution in [0.15, 0.2) is 0 Å². The van der Waals surface area contributed by atoms with Crippen LogP contribution >= 0.6 is 0 Å². The van der Waals surface area contributed by atoms with E-state index in [0.717, 1.165) is 56.3 Å². The van der Waals surface area contributed by atoms with Gasteiger partial charge in [0, 0.05) is 44.7 Å². The lowest BCUT2D eigenvalue weighted by Crippen LogP contribution is -2.56. The molecule has 0 bridgehead atoms. The van der Waals surface area contributed by atoms with Crippen molar-refractivity contribution >= 4 is 11.8 Å². The summed E-state index contributed by atoms with van der Waals surface area (Å²) in [6.45, 7) is 2.46. The second kappa shape index (κ2) is 8.70. The van der Waals surface area contributed by atoms with Crippen molar-refractivity contribution in [1.82, 2.24) is 14.7 Å². The number of piperazine rings is 1. The molecule has 0 aromatic rings. The third-order valence-electron chi connectivity index (χ3n) is 9.33. The molecule has 6 nitrogen and oxygen atoms in total. The normalized spacial score (nSPS) is 37.0. The summed E-state index contributed by atoms with van der Waals surface area (Å²) in [7, 11) is 0. The number of rotatable bonds is 3. The average molecular weight is 471 g/mol. The minimum atomic E-state index is -4.20. The van der Waals surface area contributed by atoms with Gasteiger partial charge in [-0.1, -0.05) is 0 Å². The second-order valence-corrected chi connectivity index (χ2v) is 11.2. The molecule has 33 heavy (non-hydrogen) atoms. The minimum Gasteiger partial charge on any atom is -0.339 e. The molecule has 2 N–H and O–H groups in total. The van der Waals surface area contributed by atoms with E-state index in [1.54, 1.807) is 0 Å². The summed E-state index contributed by atoms with van der Waals surface area (Å²) < 4.78 is 39.7. The van der Waals surface area contributed by atoms with E-state index in [1.165, 1.54) is 0 Å². The molecule has 2 saturated heterocycles. The quantitative estimate of drug-likeness (QED) is 0.644. The standard InChI is InChI=1S/C24H37F3N4O2/c25-24(26,27)31-10-7-19-15-18(5-6-20(19)31)16-1-3-17(4-2-16)21(32)29-11-13-30(14-12-29)22(33)23(28)8-9-23/h16-20H,1-15,28H2. The van der Waals surface area contributed by atoms with Crippen LogP contribution in [-0.2, 0) is 9.59 Å². The van der Waals surface area contributed by atoms with Gasteiger partial charge in [-0.25, -0.2) is 4.90 Å². The molecular weight excluding hydrogens is 433 g/mol. The summed E-state index contributed by atoms with van der Waals surface area (Å²) >= 11 is 0. The van der Waals surface area contributed by atoms with E-state index in [0.29, 0.717) is 50.9 Å². The molecule has 2 amide bonds. The lowest BCUT2D eigenvalue weighted by atomic mass is 9.67. The molecule has 3 saturated carbocycles. The number of nitrogens with two attached hydrogens (primary N) is 1. The Morgan fingerprint density at radius 2 is 1.36 bits per heavy atom. The van der Waals surface area contributed by atoms with Crippen molar-refractivity contribution in [3.05, 3.63) is 0 Å². The van der Waals surface area contributed by atoms with Crippen molar-refractivity contribution in [2.75, 3.05) is 32.7 Å². The monoisotopic (exact) mass is 470 g/mol. The molecule has 3 atom stereocenters. The predicted molar refractivity (Wildman–Crippen MR) is 117 cm³/mol. The first kappa shape index (κ1) is 23.4. The van der Waals surface area contributed by atoms with Crippen LogP contribution in [0.1, 0.15) is 64.2 Å². The molecule has 186 valence electrons. The number of amides is 2. The van der Waals surface area contributed by atoms with Gasteiger partial charge in [0.05, 0.1) is 5.54 Å². The van der Waals surface area contributed by atoms with E-state index in [2.05, 4.69) is 0 Å². The van der Waals surface area contributed by atoms with Gasteiger partial charge in [-0.15, -0.1) is 0 Å². The second-order valence-electron chi connectivity index (χ2n) is 11.2. The Kier molecular flexibility index (Phi) is 6.17. The molecule has 5 aliphatic rings. The Morgan fingerprint density at radius 1 is 0.758 bits per heavy atom. The van der Waals surface area contributed by atoms with E-state index >= 15 is 0 Å². The van der Waals surface area contributed by atoms with E-state index in [-0.39, 0.29) is 36.2 Å². The number of carbonyl (C=O) groups is 2. The van der Waals surface area contributed by atoms with E-state index in [1.807, 2.05) is 9.80 Å². The number of halogens is 3. The lowest BCUT2D eigenvalue weighted by molar-refractivity contribution is -0.254. The number of fused-ring (bicyclic) bond motifs is 1. The van der Waals surface area contributed by atoms with Crippen molar-refractivity contribution in [2.45, 2.75) is 82.1 Å². The van der Waals surface area contributed by atoms with Crippen LogP contribution in [0.25, 0.3) is 0 Å². The fourth-order valence-corrected chi connectivity index (χ4v) is 7.11. The molecule has 0 radical (unpaired) electrons. The molecule has 3 unspecified atom stereocenters. The van der Waals surface area contributed by atoms with Gasteiger partial charge in [-0.05, 0) is 82.0 Å². The Hall–Kier alpha value is -1.35. The fourth-order valence-electron chi connectivity index (χ4n) is 7.11. The summed E-state index contributed by atoms with van der Waals surface area (Å²) in [6.07, 6.45) is 4.22. The van der Waals surface area contributed by atoms with E-state index < -0.39 is 11.8 Å². The highest BCUT2D eigenvalue weighted by Crippen LogP contribution is 2.48. The van der Waals surface area contributed by atoms with Crippen LogP contribution in [0.2, 0.25) is 0 Å². The van der Waals surface area contributed by atoms with E-state index in [4.69, 9.17) is 5.73 Å². The molecule has 5 rings (SSSR count). The number of hydrogen-bond acceptors (Lipinski definition) is 4. The smallest absolute Gasteiger partial charge is 0.339 e. The van der Waals surface area contributed by atoms with E-state index in [9.17, 15) is 22.8 Å². The summed E-state index contributed by atoms with van der Waals surface area (Å²) in [5, 5.41) is 0. The number of nitrogens with zero attached hydrogens (tertiary/aromatic N) is 3. The van der Waals surface area contributed by atoms with Gasteiger partial charge in [-0.2, -0.15) is 13.2 Å². The largest absolute Gasteiger partial charge is 0.460 e. The number of carbonyl (C=O) groups excluding carboxylic acids is 2. The van der Waals surface area contributed by atoms with Crippen LogP contribution < -0.4 is 5.73 Å². The summed E-state index contributed by atoms with van der Waals surface area (Å²) in [4.78, 5) is 30.0. The van der Waals surface area contributed by atoms with Crippen molar-refractivity contribution in [3.63, 3.8) is 0 Å². The van der Waals surface area contributed by atoms with Gasteiger partial charge in [0.15, 0.2) is 0 Å². The molecule has 2 aliphatic heterocycles. The van der Waals surface area contributed by atoms with Crippen LogP contribution in [0.3, 0.4) is 0 Å².